The summed E-state index contributed by atoms with van der Waals surface area (Å²) in [4.78, 5) is 26.2. The predicted octanol–water partition coefficient (Wildman–Crippen LogP) is 1.32. The van der Waals surface area contributed by atoms with Crippen LogP contribution in [-0.4, -0.2) is 42.4 Å². The van der Waals surface area contributed by atoms with Crippen LogP contribution in [0.1, 0.15) is 31.7 Å². The predicted molar refractivity (Wildman–Crippen MR) is 90.7 cm³/mol. The summed E-state index contributed by atoms with van der Waals surface area (Å²) in [6, 6.07) is 9.31. The third-order valence-corrected chi connectivity index (χ3v) is 4.34. The van der Waals surface area contributed by atoms with Crippen LogP contribution in [-0.2, 0) is 16.0 Å². The van der Waals surface area contributed by atoms with Gasteiger partial charge in [0.2, 0.25) is 11.8 Å². The van der Waals surface area contributed by atoms with Gasteiger partial charge in [-0.15, -0.1) is 0 Å². The van der Waals surface area contributed by atoms with Crippen molar-refractivity contribution < 1.29 is 9.59 Å². The molecule has 1 atom stereocenters. The number of benzene rings is 1. The Morgan fingerprint density at radius 3 is 2.52 bits per heavy atom. The van der Waals surface area contributed by atoms with E-state index in [1.165, 1.54) is 0 Å². The maximum absolute atomic E-state index is 12.5. The largest absolute Gasteiger partial charge is 0.356 e. The number of hydrogen-bond donors (Lipinski definition) is 2. The van der Waals surface area contributed by atoms with E-state index in [1.807, 2.05) is 37.3 Å². The van der Waals surface area contributed by atoms with E-state index in [0.717, 1.165) is 31.4 Å². The van der Waals surface area contributed by atoms with Crippen LogP contribution in [0.4, 0.5) is 0 Å². The Morgan fingerprint density at radius 1 is 1.26 bits per heavy atom. The zero-order valence-electron chi connectivity index (χ0n) is 13.8. The number of hydrogen-bond acceptors (Lipinski definition) is 3. The molecule has 0 saturated carbocycles. The first kappa shape index (κ1) is 17.5. The fraction of sp³-hybridized carbons (Fsp3) is 0.556. The summed E-state index contributed by atoms with van der Waals surface area (Å²) in [5.41, 5.74) is 7.14. The van der Waals surface area contributed by atoms with Crippen molar-refractivity contribution in [1.29, 1.82) is 0 Å². The number of nitrogens with zero attached hydrogens (tertiary/aromatic N) is 1. The highest BCUT2D eigenvalue weighted by molar-refractivity contribution is 5.83. The molecule has 1 aromatic carbocycles. The van der Waals surface area contributed by atoms with Gasteiger partial charge in [0.1, 0.15) is 0 Å². The second kappa shape index (κ2) is 8.67. The van der Waals surface area contributed by atoms with Crippen LogP contribution in [0.15, 0.2) is 30.3 Å². The molecule has 0 aliphatic carbocycles. The topological polar surface area (TPSA) is 75.4 Å². The summed E-state index contributed by atoms with van der Waals surface area (Å²) in [6.45, 7) is 3.99. The van der Waals surface area contributed by atoms with Crippen molar-refractivity contribution in [2.45, 2.75) is 38.6 Å². The fourth-order valence-corrected chi connectivity index (χ4v) is 2.94. The third kappa shape index (κ3) is 5.06. The summed E-state index contributed by atoms with van der Waals surface area (Å²) in [5.74, 6) is 0.129. The van der Waals surface area contributed by atoms with Gasteiger partial charge in [0, 0.05) is 25.6 Å². The van der Waals surface area contributed by atoms with Crippen LogP contribution < -0.4 is 11.1 Å². The monoisotopic (exact) mass is 317 g/mol. The van der Waals surface area contributed by atoms with Crippen molar-refractivity contribution in [3.63, 3.8) is 0 Å². The molecule has 0 aromatic heterocycles. The summed E-state index contributed by atoms with van der Waals surface area (Å²) in [5, 5.41) is 2.93. The first-order chi connectivity index (χ1) is 11.1. The number of piperidine rings is 1. The normalized spacial score (nSPS) is 16.9. The molecular weight excluding hydrogens is 290 g/mol. The average Bonchev–Trinajstić information content (AvgIpc) is 2.60. The maximum Gasteiger partial charge on any atom is 0.239 e. The third-order valence-electron chi connectivity index (χ3n) is 4.34. The lowest BCUT2D eigenvalue weighted by Crippen LogP contribution is -2.49. The maximum atomic E-state index is 12.5. The van der Waals surface area contributed by atoms with Crippen LogP contribution in [0.3, 0.4) is 0 Å². The molecule has 5 heteroatoms. The van der Waals surface area contributed by atoms with E-state index >= 15 is 0 Å². The number of carbonyl (C=O) groups excluding carboxylic acids is 2. The second-order valence-corrected chi connectivity index (χ2v) is 6.19. The summed E-state index contributed by atoms with van der Waals surface area (Å²) < 4.78 is 0. The smallest absolute Gasteiger partial charge is 0.239 e. The fourth-order valence-electron chi connectivity index (χ4n) is 2.94. The Bertz CT molecular complexity index is 510. The van der Waals surface area contributed by atoms with Crippen molar-refractivity contribution in [3.05, 3.63) is 35.9 Å². The number of likely N-dealkylation sites (tertiary alicyclic amines) is 1. The lowest BCUT2D eigenvalue weighted by molar-refractivity contribution is -0.136. The minimum atomic E-state index is -0.511. The minimum Gasteiger partial charge on any atom is -0.356 e. The number of carbonyl (C=O) groups is 2. The van der Waals surface area contributed by atoms with Crippen molar-refractivity contribution in [2.75, 3.05) is 19.6 Å². The molecule has 3 N–H and O–H groups in total. The van der Waals surface area contributed by atoms with Crippen molar-refractivity contribution >= 4 is 11.8 Å². The number of rotatable bonds is 6. The minimum absolute atomic E-state index is 0.0127. The molecule has 0 bridgehead atoms. The summed E-state index contributed by atoms with van der Waals surface area (Å²) in [6.07, 6.45) is 2.94. The molecule has 2 rings (SSSR count). The molecule has 126 valence electrons. The average molecular weight is 317 g/mol. The van der Waals surface area contributed by atoms with Crippen LogP contribution in [0, 0.1) is 5.92 Å². The first-order valence-corrected chi connectivity index (χ1v) is 8.47. The number of nitrogens with two attached hydrogens (primary N) is 1. The van der Waals surface area contributed by atoms with Gasteiger partial charge in [-0.2, -0.15) is 0 Å². The standard InChI is InChI=1S/C18H27N3O2/c1-2-10-20-17(22)15-8-11-21(12-9-15)18(23)16(19)13-14-6-4-3-5-7-14/h3-7,15-16H,2,8-13,19H2,1H3,(H,20,22)/t16-/m0/s1. The van der Waals surface area contributed by atoms with Crippen LogP contribution in [0.2, 0.25) is 0 Å². The molecule has 5 nitrogen and oxygen atoms in total. The lowest BCUT2D eigenvalue weighted by atomic mass is 9.95. The summed E-state index contributed by atoms with van der Waals surface area (Å²) >= 11 is 0. The van der Waals surface area contributed by atoms with Crippen molar-refractivity contribution in [1.82, 2.24) is 10.2 Å². The Morgan fingerprint density at radius 2 is 1.91 bits per heavy atom. The lowest BCUT2D eigenvalue weighted by Gasteiger charge is -2.33. The molecule has 1 aromatic rings. The quantitative estimate of drug-likeness (QED) is 0.831. The molecule has 1 aliphatic rings. The van der Waals surface area contributed by atoms with E-state index in [2.05, 4.69) is 5.32 Å². The van der Waals surface area contributed by atoms with E-state index in [-0.39, 0.29) is 17.7 Å². The molecule has 1 heterocycles. The molecule has 1 aliphatic heterocycles. The van der Waals surface area contributed by atoms with Crippen molar-refractivity contribution in [2.24, 2.45) is 11.7 Å². The zero-order valence-corrected chi connectivity index (χ0v) is 13.8. The van der Waals surface area contributed by atoms with E-state index in [1.54, 1.807) is 4.90 Å². The highest BCUT2D eigenvalue weighted by Crippen LogP contribution is 2.18. The number of amides is 2. The zero-order chi connectivity index (χ0) is 16.7. The van der Waals surface area contributed by atoms with Gasteiger partial charge in [0.05, 0.1) is 6.04 Å². The van der Waals surface area contributed by atoms with Gasteiger partial charge in [-0.25, -0.2) is 0 Å². The van der Waals surface area contributed by atoms with Gasteiger partial charge in [0.25, 0.3) is 0 Å². The van der Waals surface area contributed by atoms with Crippen LogP contribution in [0.5, 0.6) is 0 Å². The molecular formula is C18H27N3O2. The molecule has 2 amide bonds. The van der Waals surface area contributed by atoms with Crippen LogP contribution >= 0.6 is 0 Å². The van der Waals surface area contributed by atoms with E-state index < -0.39 is 6.04 Å². The van der Waals surface area contributed by atoms with E-state index in [0.29, 0.717) is 19.5 Å². The van der Waals surface area contributed by atoms with Gasteiger partial charge >= 0.3 is 0 Å². The highest BCUT2D eigenvalue weighted by atomic mass is 16.2. The van der Waals surface area contributed by atoms with Gasteiger partial charge in [-0.05, 0) is 31.2 Å². The Kier molecular flexibility index (Phi) is 6.59. The molecule has 23 heavy (non-hydrogen) atoms. The molecule has 1 fully saturated rings. The number of nitrogens with one attached hydrogen (secondary N) is 1. The van der Waals surface area contributed by atoms with Crippen molar-refractivity contribution in [3.8, 4) is 0 Å². The molecule has 1 saturated heterocycles. The first-order valence-electron chi connectivity index (χ1n) is 8.47. The summed E-state index contributed by atoms with van der Waals surface area (Å²) in [7, 11) is 0. The van der Waals surface area contributed by atoms with Gasteiger partial charge < -0.3 is 16.0 Å². The van der Waals surface area contributed by atoms with Crippen LogP contribution in [0.25, 0.3) is 0 Å². The van der Waals surface area contributed by atoms with Gasteiger partial charge in [0.15, 0.2) is 0 Å². The Balaban J connectivity index is 1.80. The Labute approximate surface area is 138 Å². The van der Waals surface area contributed by atoms with Gasteiger partial charge in [-0.1, -0.05) is 37.3 Å². The molecule has 0 unspecified atom stereocenters. The SMILES string of the molecule is CCCNC(=O)C1CCN(C(=O)[C@@H](N)Cc2ccccc2)CC1. The van der Waals surface area contributed by atoms with E-state index in [9.17, 15) is 9.59 Å². The Hall–Kier alpha value is -1.88. The highest BCUT2D eigenvalue weighted by Gasteiger charge is 2.29. The second-order valence-electron chi connectivity index (χ2n) is 6.19. The van der Waals surface area contributed by atoms with E-state index in [4.69, 9.17) is 5.73 Å². The van der Waals surface area contributed by atoms with Gasteiger partial charge in [-0.3, -0.25) is 9.59 Å². The molecule has 0 spiro atoms. The molecule has 0 radical (unpaired) electrons.